The first kappa shape index (κ1) is 16.3. The Morgan fingerprint density at radius 2 is 1.73 bits per heavy atom. The van der Waals surface area contributed by atoms with E-state index in [2.05, 4.69) is 20.4 Å². The summed E-state index contributed by atoms with van der Waals surface area (Å²) in [6, 6.07) is 15.8. The van der Waals surface area contributed by atoms with Gasteiger partial charge in [0.25, 0.3) is 0 Å². The van der Waals surface area contributed by atoms with Crippen molar-refractivity contribution in [1.29, 1.82) is 0 Å². The van der Waals surface area contributed by atoms with E-state index in [1.54, 1.807) is 18.2 Å². The molecular weight excluding hydrogens is 355 g/mol. The van der Waals surface area contributed by atoms with Gasteiger partial charge < -0.3 is 10.3 Å². The van der Waals surface area contributed by atoms with Gasteiger partial charge in [-0.15, -0.1) is 20.4 Å². The molecular formula is C17H13FN6OS. The maximum Gasteiger partial charge on any atom is 0.247 e. The quantitative estimate of drug-likeness (QED) is 0.427. The van der Waals surface area contributed by atoms with Crippen LogP contribution in [-0.2, 0) is 5.75 Å². The number of aromatic nitrogens is 5. The molecule has 130 valence electrons. The second-order valence-corrected chi connectivity index (χ2v) is 6.25. The molecule has 0 fully saturated rings. The lowest BCUT2D eigenvalue weighted by Gasteiger charge is -2.03. The zero-order valence-corrected chi connectivity index (χ0v) is 14.2. The number of rotatable bonds is 5. The largest absolute Gasteiger partial charge is 0.420 e. The van der Waals surface area contributed by atoms with Crippen LogP contribution in [0.1, 0.15) is 5.89 Å². The molecule has 0 unspecified atom stereocenters. The molecule has 2 aromatic heterocycles. The summed E-state index contributed by atoms with van der Waals surface area (Å²) in [5.74, 6) is 7.09. The van der Waals surface area contributed by atoms with Gasteiger partial charge in [-0.1, -0.05) is 42.1 Å². The molecule has 2 aromatic carbocycles. The lowest BCUT2D eigenvalue weighted by atomic mass is 10.2. The molecule has 0 radical (unpaired) electrons. The van der Waals surface area contributed by atoms with Gasteiger partial charge in [-0.05, 0) is 24.3 Å². The Labute approximate surface area is 152 Å². The van der Waals surface area contributed by atoms with Crippen LogP contribution in [0, 0.1) is 5.82 Å². The predicted molar refractivity (Wildman–Crippen MR) is 94.9 cm³/mol. The van der Waals surface area contributed by atoms with Crippen LogP contribution < -0.4 is 5.84 Å². The Bertz CT molecular complexity index is 1030. The normalized spacial score (nSPS) is 11.0. The van der Waals surface area contributed by atoms with Crippen LogP contribution in [-0.4, -0.2) is 25.1 Å². The molecule has 9 heteroatoms. The van der Waals surface area contributed by atoms with Gasteiger partial charge in [0, 0.05) is 5.56 Å². The highest BCUT2D eigenvalue weighted by Crippen LogP contribution is 2.26. The van der Waals surface area contributed by atoms with E-state index < -0.39 is 5.82 Å². The van der Waals surface area contributed by atoms with Crippen molar-refractivity contribution in [2.24, 2.45) is 0 Å². The van der Waals surface area contributed by atoms with Gasteiger partial charge in [0.2, 0.25) is 16.9 Å². The van der Waals surface area contributed by atoms with E-state index >= 15 is 0 Å². The number of thioether (sulfide) groups is 1. The lowest BCUT2D eigenvalue weighted by molar-refractivity contribution is 0.528. The summed E-state index contributed by atoms with van der Waals surface area (Å²) in [6.45, 7) is 0. The maximum absolute atomic E-state index is 13.9. The van der Waals surface area contributed by atoms with Crippen LogP contribution in [0.4, 0.5) is 4.39 Å². The Balaban J connectivity index is 1.50. The van der Waals surface area contributed by atoms with Crippen LogP contribution in [0.3, 0.4) is 0 Å². The fourth-order valence-electron chi connectivity index (χ4n) is 2.34. The third-order valence-corrected chi connectivity index (χ3v) is 4.52. The van der Waals surface area contributed by atoms with E-state index in [1.807, 2.05) is 30.3 Å². The van der Waals surface area contributed by atoms with Crippen LogP contribution in [0.2, 0.25) is 0 Å². The third-order valence-electron chi connectivity index (χ3n) is 3.59. The highest BCUT2D eigenvalue weighted by Gasteiger charge is 2.16. The number of hydrogen-bond donors (Lipinski definition) is 1. The molecule has 0 spiro atoms. The van der Waals surface area contributed by atoms with Crippen LogP contribution >= 0.6 is 11.8 Å². The first-order chi connectivity index (χ1) is 12.7. The summed E-state index contributed by atoms with van der Waals surface area (Å²) in [5, 5.41) is 16.5. The summed E-state index contributed by atoms with van der Waals surface area (Å²) in [6.07, 6.45) is 0. The van der Waals surface area contributed by atoms with Crippen molar-refractivity contribution >= 4 is 11.8 Å². The number of nitrogens with two attached hydrogens (primary N) is 1. The molecule has 26 heavy (non-hydrogen) atoms. The molecule has 2 heterocycles. The molecule has 0 saturated carbocycles. The SMILES string of the molecule is Nn1c(SCc2nnc(-c3ccccc3)o2)nnc1-c1ccccc1F. The van der Waals surface area contributed by atoms with E-state index in [0.717, 1.165) is 5.56 Å². The Kier molecular flexibility index (Phi) is 4.36. The van der Waals surface area contributed by atoms with Crippen LogP contribution in [0.25, 0.3) is 22.8 Å². The van der Waals surface area contributed by atoms with Crippen molar-refractivity contribution in [2.45, 2.75) is 10.9 Å². The van der Waals surface area contributed by atoms with E-state index in [1.165, 1.54) is 22.5 Å². The first-order valence-electron chi connectivity index (χ1n) is 7.68. The lowest BCUT2D eigenvalue weighted by Crippen LogP contribution is -2.12. The summed E-state index contributed by atoms with van der Waals surface area (Å²) in [7, 11) is 0. The molecule has 4 rings (SSSR count). The number of nitrogens with zero attached hydrogens (tertiary/aromatic N) is 5. The minimum atomic E-state index is -0.410. The molecule has 0 atom stereocenters. The molecule has 0 saturated heterocycles. The van der Waals surface area contributed by atoms with Gasteiger partial charge in [-0.25, -0.2) is 9.07 Å². The minimum Gasteiger partial charge on any atom is -0.420 e. The van der Waals surface area contributed by atoms with Crippen LogP contribution in [0.5, 0.6) is 0 Å². The van der Waals surface area contributed by atoms with Gasteiger partial charge in [0.1, 0.15) is 5.82 Å². The zero-order chi connectivity index (χ0) is 17.9. The molecule has 0 amide bonds. The topological polar surface area (TPSA) is 95.7 Å². The fraction of sp³-hybridized carbons (Fsp3) is 0.0588. The summed E-state index contributed by atoms with van der Waals surface area (Å²) >= 11 is 1.28. The van der Waals surface area contributed by atoms with Crippen molar-refractivity contribution in [2.75, 3.05) is 5.84 Å². The van der Waals surface area contributed by atoms with Crippen molar-refractivity contribution in [3.05, 3.63) is 66.3 Å². The smallest absolute Gasteiger partial charge is 0.247 e. The van der Waals surface area contributed by atoms with E-state index in [-0.39, 0.29) is 5.82 Å². The molecule has 7 nitrogen and oxygen atoms in total. The van der Waals surface area contributed by atoms with Gasteiger partial charge in [0.05, 0.1) is 11.3 Å². The minimum absolute atomic E-state index is 0.251. The average Bonchev–Trinajstić information content (AvgIpc) is 3.28. The zero-order valence-electron chi connectivity index (χ0n) is 13.4. The number of halogens is 1. The van der Waals surface area contributed by atoms with Crippen molar-refractivity contribution in [1.82, 2.24) is 25.1 Å². The molecule has 0 aliphatic carbocycles. The van der Waals surface area contributed by atoms with Gasteiger partial charge >= 0.3 is 0 Å². The summed E-state index contributed by atoms with van der Waals surface area (Å²) in [5.41, 5.74) is 1.14. The number of nitrogen functional groups attached to an aromatic ring is 1. The Morgan fingerprint density at radius 3 is 2.54 bits per heavy atom. The van der Waals surface area contributed by atoms with Gasteiger partial charge in [0.15, 0.2) is 5.82 Å². The van der Waals surface area contributed by atoms with E-state index in [4.69, 9.17) is 10.3 Å². The molecule has 0 bridgehead atoms. The fourth-order valence-corrected chi connectivity index (χ4v) is 3.03. The van der Waals surface area contributed by atoms with Crippen molar-refractivity contribution in [3.63, 3.8) is 0 Å². The van der Waals surface area contributed by atoms with Crippen molar-refractivity contribution < 1.29 is 8.81 Å². The maximum atomic E-state index is 13.9. The highest BCUT2D eigenvalue weighted by atomic mass is 32.2. The molecule has 2 N–H and O–H groups in total. The highest BCUT2D eigenvalue weighted by molar-refractivity contribution is 7.98. The summed E-state index contributed by atoms with van der Waals surface area (Å²) in [4.78, 5) is 0. The second kappa shape index (κ2) is 6.96. The number of benzene rings is 2. The number of hydrogen-bond acceptors (Lipinski definition) is 7. The van der Waals surface area contributed by atoms with Crippen molar-refractivity contribution in [3.8, 4) is 22.8 Å². The molecule has 0 aliphatic heterocycles. The monoisotopic (exact) mass is 368 g/mol. The molecule has 0 aliphatic rings. The summed E-state index contributed by atoms with van der Waals surface area (Å²) < 4.78 is 20.8. The first-order valence-corrected chi connectivity index (χ1v) is 8.67. The van der Waals surface area contributed by atoms with E-state index in [9.17, 15) is 4.39 Å². The van der Waals surface area contributed by atoms with Gasteiger partial charge in [-0.2, -0.15) is 0 Å². The Hall–Kier alpha value is -3.20. The molecule has 4 aromatic rings. The standard InChI is InChI=1S/C17H13FN6OS/c18-13-9-5-4-8-12(13)15-21-23-17(24(15)19)26-10-14-20-22-16(25-14)11-6-2-1-3-7-11/h1-9H,10,19H2. The van der Waals surface area contributed by atoms with Crippen LogP contribution in [0.15, 0.2) is 64.2 Å². The van der Waals surface area contributed by atoms with E-state index in [0.29, 0.717) is 28.3 Å². The second-order valence-electron chi connectivity index (χ2n) is 5.31. The van der Waals surface area contributed by atoms with Gasteiger partial charge in [-0.3, -0.25) is 0 Å². The average molecular weight is 368 g/mol. The predicted octanol–water partition coefficient (Wildman–Crippen LogP) is 3.14. The third kappa shape index (κ3) is 3.16. The Morgan fingerprint density at radius 1 is 0.962 bits per heavy atom.